The molecule has 0 aliphatic carbocycles. The predicted molar refractivity (Wildman–Crippen MR) is 85.6 cm³/mol. The van der Waals surface area contributed by atoms with Gasteiger partial charge in [-0.2, -0.15) is 0 Å². The first-order valence-electron chi connectivity index (χ1n) is 6.56. The van der Waals surface area contributed by atoms with Crippen LogP contribution in [0.1, 0.15) is 5.56 Å². The van der Waals surface area contributed by atoms with E-state index >= 15 is 0 Å². The smallest absolute Gasteiger partial charge is 0.488 e. The number of rotatable bonds is 7. The third kappa shape index (κ3) is 5.51. The van der Waals surface area contributed by atoms with Crippen LogP contribution in [0.5, 0.6) is 5.75 Å². The van der Waals surface area contributed by atoms with E-state index in [1.165, 1.54) is 0 Å². The number of hydrogen-bond acceptors (Lipinski definition) is 4. The molecular weight excluding hydrogens is 335 g/mol. The van der Waals surface area contributed by atoms with Crippen molar-refractivity contribution in [3.8, 4) is 5.75 Å². The summed E-state index contributed by atoms with van der Waals surface area (Å²) >= 11 is 3.39. The molecular formula is C15H16BBrO4. The summed E-state index contributed by atoms with van der Waals surface area (Å²) in [6.07, 6.45) is 0. The van der Waals surface area contributed by atoms with Crippen LogP contribution in [0, 0.1) is 0 Å². The predicted octanol–water partition coefficient (Wildman–Crippen LogP) is 1.72. The van der Waals surface area contributed by atoms with Gasteiger partial charge in [0.2, 0.25) is 0 Å². The Morgan fingerprint density at radius 1 is 0.905 bits per heavy atom. The lowest BCUT2D eigenvalue weighted by atomic mass is 9.80. The summed E-state index contributed by atoms with van der Waals surface area (Å²) in [5, 5.41) is 18.0. The fourth-order valence-corrected chi connectivity index (χ4v) is 1.99. The molecule has 0 radical (unpaired) electrons. The van der Waals surface area contributed by atoms with Crippen molar-refractivity contribution in [3.63, 3.8) is 0 Å². The Kier molecular flexibility index (Phi) is 6.26. The lowest BCUT2D eigenvalue weighted by molar-refractivity contribution is 0.0889. The van der Waals surface area contributed by atoms with Crippen LogP contribution in [0.25, 0.3) is 0 Å². The standard InChI is InChI=1S/C15H16BBrO4/c17-14-5-1-12(2-6-14)11-20-9-10-21-15-7-3-13(4-8-15)16(18)19/h1-8,18-19H,9-11H2. The van der Waals surface area contributed by atoms with Crippen molar-refractivity contribution in [1.82, 2.24) is 0 Å². The molecule has 0 bridgehead atoms. The third-order valence-electron chi connectivity index (χ3n) is 2.86. The maximum absolute atomic E-state index is 8.98. The molecule has 2 N–H and O–H groups in total. The number of halogens is 1. The van der Waals surface area contributed by atoms with Gasteiger partial charge in [-0.05, 0) is 35.3 Å². The van der Waals surface area contributed by atoms with Crippen molar-refractivity contribution in [1.29, 1.82) is 0 Å². The molecule has 2 aromatic rings. The maximum atomic E-state index is 8.98. The van der Waals surface area contributed by atoms with E-state index in [9.17, 15) is 0 Å². The topological polar surface area (TPSA) is 58.9 Å². The Bertz CT molecular complexity index is 543. The van der Waals surface area contributed by atoms with E-state index < -0.39 is 7.12 Å². The molecule has 0 unspecified atom stereocenters. The Morgan fingerprint density at radius 2 is 1.57 bits per heavy atom. The molecule has 0 amide bonds. The molecule has 0 saturated heterocycles. The van der Waals surface area contributed by atoms with Crippen LogP contribution in [0.3, 0.4) is 0 Å². The average Bonchev–Trinajstić information content (AvgIpc) is 2.49. The highest BCUT2D eigenvalue weighted by molar-refractivity contribution is 9.10. The molecule has 0 saturated carbocycles. The van der Waals surface area contributed by atoms with E-state index in [1.807, 2.05) is 24.3 Å². The average molecular weight is 351 g/mol. The van der Waals surface area contributed by atoms with E-state index in [-0.39, 0.29) is 0 Å². The van der Waals surface area contributed by atoms with Gasteiger partial charge in [0.1, 0.15) is 12.4 Å². The van der Waals surface area contributed by atoms with Crippen LogP contribution < -0.4 is 10.2 Å². The summed E-state index contributed by atoms with van der Waals surface area (Å²) in [5.74, 6) is 0.673. The summed E-state index contributed by atoms with van der Waals surface area (Å²) in [7, 11) is -1.45. The zero-order valence-electron chi connectivity index (χ0n) is 11.4. The first-order valence-corrected chi connectivity index (χ1v) is 7.35. The molecule has 110 valence electrons. The van der Waals surface area contributed by atoms with Gasteiger partial charge in [0.15, 0.2) is 0 Å². The van der Waals surface area contributed by atoms with Crippen molar-refractivity contribution in [2.45, 2.75) is 6.61 Å². The molecule has 0 aliphatic heterocycles. The molecule has 0 spiro atoms. The van der Waals surface area contributed by atoms with Gasteiger partial charge >= 0.3 is 7.12 Å². The quantitative estimate of drug-likeness (QED) is 0.589. The van der Waals surface area contributed by atoms with Gasteiger partial charge in [0.25, 0.3) is 0 Å². The van der Waals surface area contributed by atoms with Crippen LogP contribution in [0.4, 0.5) is 0 Å². The van der Waals surface area contributed by atoms with Crippen molar-refractivity contribution in [3.05, 3.63) is 58.6 Å². The summed E-state index contributed by atoms with van der Waals surface area (Å²) in [4.78, 5) is 0. The van der Waals surface area contributed by atoms with Gasteiger partial charge in [0, 0.05) is 4.47 Å². The fraction of sp³-hybridized carbons (Fsp3) is 0.200. The van der Waals surface area contributed by atoms with Crippen molar-refractivity contribution in [2.24, 2.45) is 0 Å². The maximum Gasteiger partial charge on any atom is 0.488 e. The molecule has 0 aromatic heterocycles. The minimum atomic E-state index is -1.45. The van der Waals surface area contributed by atoms with Crippen molar-refractivity contribution in [2.75, 3.05) is 13.2 Å². The van der Waals surface area contributed by atoms with Gasteiger partial charge < -0.3 is 19.5 Å². The van der Waals surface area contributed by atoms with Crippen LogP contribution in [-0.4, -0.2) is 30.4 Å². The highest BCUT2D eigenvalue weighted by Gasteiger charge is 2.09. The first-order chi connectivity index (χ1) is 10.1. The highest BCUT2D eigenvalue weighted by atomic mass is 79.9. The zero-order valence-corrected chi connectivity index (χ0v) is 13.0. The third-order valence-corrected chi connectivity index (χ3v) is 3.39. The van der Waals surface area contributed by atoms with E-state index in [4.69, 9.17) is 19.5 Å². The van der Waals surface area contributed by atoms with E-state index in [0.717, 1.165) is 10.0 Å². The van der Waals surface area contributed by atoms with E-state index in [2.05, 4.69) is 15.9 Å². The SMILES string of the molecule is OB(O)c1ccc(OCCOCc2ccc(Br)cc2)cc1. The van der Waals surface area contributed by atoms with Crippen LogP contribution in [-0.2, 0) is 11.3 Å². The highest BCUT2D eigenvalue weighted by Crippen LogP contribution is 2.11. The second-order valence-corrected chi connectivity index (χ2v) is 5.39. The second-order valence-electron chi connectivity index (χ2n) is 4.47. The Morgan fingerprint density at radius 3 is 2.19 bits per heavy atom. The van der Waals surface area contributed by atoms with Crippen LogP contribution in [0.2, 0.25) is 0 Å². The van der Waals surface area contributed by atoms with Gasteiger partial charge in [-0.3, -0.25) is 0 Å². The molecule has 0 heterocycles. The first kappa shape index (κ1) is 16.0. The van der Waals surface area contributed by atoms with Gasteiger partial charge in [-0.15, -0.1) is 0 Å². The normalized spacial score (nSPS) is 10.4. The van der Waals surface area contributed by atoms with E-state index in [0.29, 0.717) is 31.0 Å². The molecule has 4 nitrogen and oxygen atoms in total. The van der Waals surface area contributed by atoms with E-state index in [1.54, 1.807) is 24.3 Å². The number of hydrogen-bond donors (Lipinski definition) is 2. The van der Waals surface area contributed by atoms with Crippen LogP contribution >= 0.6 is 15.9 Å². The Labute approximate surface area is 132 Å². The van der Waals surface area contributed by atoms with Gasteiger partial charge in [-0.1, -0.05) is 40.2 Å². The number of benzene rings is 2. The van der Waals surface area contributed by atoms with Gasteiger partial charge in [0.05, 0.1) is 13.2 Å². The lowest BCUT2D eigenvalue weighted by Gasteiger charge is -2.08. The Balaban J connectivity index is 1.66. The second kappa shape index (κ2) is 8.19. The fourth-order valence-electron chi connectivity index (χ4n) is 1.73. The molecule has 0 atom stereocenters. The largest absolute Gasteiger partial charge is 0.491 e. The van der Waals surface area contributed by atoms with Crippen LogP contribution in [0.15, 0.2) is 53.0 Å². The molecule has 2 rings (SSSR count). The summed E-state index contributed by atoms with van der Waals surface area (Å²) in [5.41, 5.74) is 1.55. The summed E-state index contributed by atoms with van der Waals surface area (Å²) in [6.45, 7) is 1.48. The summed E-state index contributed by atoms with van der Waals surface area (Å²) in [6, 6.07) is 14.6. The Hall–Kier alpha value is -1.34. The minimum absolute atomic E-state index is 0.439. The lowest BCUT2D eigenvalue weighted by Crippen LogP contribution is -2.29. The molecule has 21 heavy (non-hydrogen) atoms. The molecule has 0 fully saturated rings. The van der Waals surface area contributed by atoms with Gasteiger partial charge in [-0.25, -0.2) is 0 Å². The minimum Gasteiger partial charge on any atom is -0.491 e. The number of ether oxygens (including phenoxy) is 2. The molecule has 0 aliphatic rings. The zero-order chi connectivity index (χ0) is 15.1. The summed E-state index contributed by atoms with van der Waals surface area (Å²) < 4.78 is 12.1. The monoisotopic (exact) mass is 350 g/mol. The molecule has 2 aromatic carbocycles. The van der Waals surface area contributed by atoms with Crippen molar-refractivity contribution < 1.29 is 19.5 Å². The van der Waals surface area contributed by atoms with Crippen molar-refractivity contribution >= 4 is 28.5 Å². The molecule has 6 heteroatoms.